The fourth-order valence-corrected chi connectivity index (χ4v) is 2.66. The van der Waals surface area contributed by atoms with Crippen molar-refractivity contribution in [3.8, 4) is 0 Å². The topological polar surface area (TPSA) is 83.0 Å². The van der Waals surface area contributed by atoms with Crippen LogP contribution in [0.2, 0.25) is 0 Å². The maximum Gasteiger partial charge on any atom is 0.229 e. The number of amides is 2. The Bertz CT molecular complexity index is 588. The molecule has 1 heterocycles. The average molecular weight is 360 g/mol. The number of aliphatic imine (C=N–C) groups is 1. The van der Waals surface area contributed by atoms with E-state index in [0.29, 0.717) is 58.1 Å². The van der Waals surface area contributed by atoms with Crippen LogP contribution in [0.3, 0.4) is 0 Å². The van der Waals surface area contributed by atoms with Crippen LogP contribution in [0.5, 0.6) is 0 Å². The first kappa shape index (κ1) is 19.9. The number of benzene rings is 1. The lowest BCUT2D eigenvalue weighted by Gasteiger charge is -2.25. The van der Waals surface area contributed by atoms with Crippen molar-refractivity contribution in [1.82, 2.24) is 15.5 Å². The molecule has 0 unspecified atom stereocenters. The minimum atomic E-state index is -0.0840. The number of rotatable bonds is 9. The monoisotopic (exact) mass is 360 g/mol. The van der Waals surface area contributed by atoms with Crippen LogP contribution >= 0.6 is 0 Å². The van der Waals surface area contributed by atoms with Crippen LogP contribution in [0.4, 0.5) is 0 Å². The smallest absolute Gasteiger partial charge is 0.229 e. The van der Waals surface area contributed by atoms with Crippen LogP contribution in [-0.2, 0) is 20.9 Å². The first-order chi connectivity index (χ1) is 12.7. The molecule has 1 aliphatic heterocycles. The Morgan fingerprint density at radius 1 is 1.15 bits per heavy atom. The summed E-state index contributed by atoms with van der Waals surface area (Å²) in [5.41, 5.74) is 1.14. The molecule has 2 rings (SSSR count). The van der Waals surface area contributed by atoms with E-state index in [1.165, 1.54) is 4.90 Å². The fraction of sp³-hybridized carbons (Fsp3) is 0.526. The average Bonchev–Trinajstić information content (AvgIpc) is 2.64. The summed E-state index contributed by atoms with van der Waals surface area (Å²) < 4.78 is 5.62. The summed E-state index contributed by atoms with van der Waals surface area (Å²) in [6, 6.07) is 10.0. The molecule has 2 N–H and O–H groups in total. The summed E-state index contributed by atoms with van der Waals surface area (Å²) in [7, 11) is 0. The number of nitrogens with one attached hydrogen (secondary N) is 2. The molecule has 142 valence electrons. The molecule has 0 spiro atoms. The predicted molar refractivity (Wildman–Crippen MR) is 101 cm³/mol. The van der Waals surface area contributed by atoms with Gasteiger partial charge < -0.3 is 15.4 Å². The van der Waals surface area contributed by atoms with E-state index in [4.69, 9.17) is 4.74 Å². The Morgan fingerprint density at radius 3 is 2.58 bits per heavy atom. The highest BCUT2D eigenvalue weighted by molar-refractivity contribution is 5.97. The van der Waals surface area contributed by atoms with Crippen LogP contribution in [0.25, 0.3) is 0 Å². The third-order valence-electron chi connectivity index (χ3n) is 3.97. The molecule has 1 aliphatic rings. The molecule has 26 heavy (non-hydrogen) atoms. The van der Waals surface area contributed by atoms with E-state index in [9.17, 15) is 9.59 Å². The molecule has 0 aromatic heterocycles. The Hall–Kier alpha value is -2.41. The molecule has 1 aromatic carbocycles. The van der Waals surface area contributed by atoms with Crippen molar-refractivity contribution in [2.45, 2.75) is 32.8 Å². The van der Waals surface area contributed by atoms with Gasteiger partial charge in [0.05, 0.1) is 19.8 Å². The number of ether oxygens (including phenoxy) is 1. The quantitative estimate of drug-likeness (QED) is 0.300. The van der Waals surface area contributed by atoms with E-state index in [-0.39, 0.29) is 11.8 Å². The first-order valence-electron chi connectivity index (χ1n) is 9.17. The SMILES string of the molecule is CCNC(=NCCOCc1ccccc1)NCCN1C(=O)CCCC1=O. The zero-order chi connectivity index (χ0) is 18.6. The molecule has 7 nitrogen and oxygen atoms in total. The van der Waals surface area contributed by atoms with E-state index in [2.05, 4.69) is 15.6 Å². The minimum absolute atomic E-state index is 0.0840. The highest BCUT2D eigenvalue weighted by atomic mass is 16.5. The van der Waals surface area contributed by atoms with Crippen LogP contribution < -0.4 is 10.6 Å². The zero-order valence-electron chi connectivity index (χ0n) is 15.4. The van der Waals surface area contributed by atoms with Gasteiger partial charge in [0.15, 0.2) is 5.96 Å². The van der Waals surface area contributed by atoms with Gasteiger partial charge in [-0.15, -0.1) is 0 Å². The Kier molecular flexibility index (Phi) is 8.62. The molecule has 0 atom stereocenters. The normalized spacial score (nSPS) is 15.3. The van der Waals surface area contributed by atoms with Gasteiger partial charge in [-0.1, -0.05) is 30.3 Å². The van der Waals surface area contributed by atoms with Crippen LogP contribution in [0, 0.1) is 0 Å². The zero-order valence-corrected chi connectivity index (χ0v) is 15.4. The fourth-order valence-electron chi connectivity index (χ4n) is 2.66. The van der Waals surface area contributed by atoms with Crippen LogP contribution in [-0.4, -0.2) is 55.5 Å². The number of carbonyl (C=O) groups is 2. The van der Waals surface area contributed by atoms with Gasteiger partial charge in [0.25, 0.3) is 0 Å². The maximum absolute atomic E-state index is 11.8. The third kappa shape index (κ3) is 6.84. The van der Waals surface area contributed by atoms with Gasteiger partial charge in [-0.05, 0) is 18.9 Å². The molecule has 0 bridgehead atoms. The number of hydrogen-bond donors (Lipinski definition) is 2. The van der Waals surface area contributed by atoms with Crippen molar-refractivity contribution in [2.24, 2.45) is 4.99 Å². The summed E-state index contributed by atoms with van der Waals surface area (Å²) in [6.07, 6.45) is 1.58. The number of guanidine groups is 1. The van der Waals surface area contributed by atoms with E-state index in [1.807, 2.05) is 37.3 Å². The lowest BCUT2D eigenvalue weighted by molar-refractivity contribution is -0.147. The highest BCUT2D eigenvalue weighted by Crippen LogP contribution is 2.11. The highest BCUT2D eigenvalue weighted by Gasteiger charge is 2.25. The van der Waals surface area contributed by atoms with Gasteiger partial charge in [0, 0.05) is 32.5 Å². The molecule has 0 aliphatic carbocycles. The van der Waals surface area contributed by atoms with E-state index in [1.54, 1.807) is 0 Å². The Balaban J connectivity index is 1.68. The lowest BCUT2D eigenvalue weighted by Crippen LogP contribution is -2.46. The second-order valence-electron chi connectivity index (χ2n) is 6.02. The predicted octanol–water partition coefficient (Wildman–Crippen LogP) is 1.30. The summed E-state index contributed by atoms with van der Waals surface area (Å²) in [5, 5.41) is 6.30. The number of nitrogens with zero attached hydrogens (tertiary/aromatic N) is 2. The molecule has 0 saturated carbocycles. The number of imide groups is 1. The molecule has 1 aromatic rings. The molecule has 1 saturated heterocycles. The van der Waals surface area contributed by atoms with Crippen molar-refractivity contribution >= 4 is 17.8 Å². The maximum atomic E-state index is 11.8. The number of carbonyl (C=O) groups excluding carboxylic acids is 2. The van der Waals surface area contributed by atoms with Crippen molar-refractivity contribution in [1.29, 1.82) is 0 Å². The lowest BCUT2D eigenvalue weighted by atomic mass is 10.1. The van der Waals surface area contributed by atoms with Crippen molar-refractivity contribution in [3.63, 3.8) is 0 Å². The van der Waals surface area contributed by atoms with Crippen molar-refractivity contribution in [3.05, 3.63) is 35.9 Å². The number of likely N-dealkylation sites (tertiary alicyclic amines) is 1. The van der Waals surface area contributed by atoms with E-state index in [0.717, 1.165) is 12.1 Å². The molecular weight excluding hydrogens is 332 g/mol. The summed E-state index contributed by atoms with van der Waals surface area (Å²) in [6.45, 7) is 5.19. The number of piperidine rings is 1. The molecule has 1 fully saturated rings. The third-order valence-corrected chi connectivity index (χ3v) is 3.97. The van der Waals surface area contributed by atoms with Gasteiger partial charge >= 0.3 is 0 Å². The molecular formula is C19H28N4O3. The second kappa shape index (κ2) is 11.3. The van der Waals surface area contributed by atoms with E-state index < -0.39 is 0 Å². The first-order valence-corrected chi connectivity index (χ1v) is 9.17. The largest absolute Gasteiger partial charge is 0.375 e. The van der Waals surface area contributed by atoms with Gasteiger partial charge in [0.1, 0.15) is 0 Å². The number of hydrogen-bond acceptors (Lipinski definition) is 4. The van der Waals surface area contributed by atoms with Crippen LogP contribution in [0.1, 0.15) is 31.7 Å². The standard InChI is InChI=1S/C19H28N4O3/c1-2-20-19(21-11-13-23-17(24)9-6-10-18(23)25)22-12-14-26-15-16-7-4-3-5-8-16/h3-5,7-8H,2,6,9-15H2,1H3,(H2,20,21,22). The summed E-state index contributed by atoms with van der Waals surface area (Å²) >= 11 is 0. The van der Waals surface area contributed by atoms with Gasteiger partial charge in [0.2, 0.25) is 11.8 Å². The molecule has 0 radical (unpaired) electrons. The molecule has 7 heteroatoms. The summed E-state index contributed by atoms with van der Waals surface area (Å²) in [5.74, 6) is 0.492. The minimum Gasteiger partial charge on any atom is -0.375 e. The van der Waals surface area contributed by atoms with E-state index >= 15 is 0 Å². The second-order valence-corrected chi connectivity index (χ2v) is 6.02. The molecule has 2 amide bonds. The summed E-state index contributed by atoms with van der Waals surface area (Å²) in [4.78, 5) is 29.3. The Labute approximate surface area is 154 Å². The Morgan fingerprint density at radius 2 is 1.88 bits per heavy atom. The van der Waals surface area contributed by atoms with Gasteiger partial charge in [-0.3, -0.25) is 19.5 Å². The van der Waals surface area contributed by atoms with Crippen molar-refractivity contribution in [2.75, 3.05) is 32.8 Å². The van der Waals surface area contributed by atoms with Gasteiger partial charge in [-0.25, -0.2) is 0 Å². The van der Waals surface area contributed by atoms with Gasteiger partial charge in [-0.2, -0.15) is 0 Å². The van der Waals surface area contributed by atoms with Crippen molar-refractivity contribution < 1.29 is 14.3 Å². The van der Waals surface area contributed by atoms with Crippen LogP contribution in [0.15, 0.2) is 35.3 Å².